The Balaban J connectivity index is 1.50. The van der Waals surface area contributed by atoms with Crippen molar-refractivity contribution in [2.45, 2.75) is 37.8 Å². The Bertz CT molecular complexity index is 824. The third-order valence-electron chi connectivity index (χ3n) is 6.38. The van der Waals surface area contributed by atoms with Crippen molar-refractivity contribution in [3.05, 3.63) is 22.4 Å². The molecule has 0 radical (unpaired) electrons. The van der Waals surface area contributed by atoms with Gasteiger partial charge in [0.05, 0.1) is 24.5 Å². The highest BCUT2D eigenvalue weighted by atomic mass is 32.1. The van der Waals surface area contributed by atoms with Gasteiger partial charge in [-0.15, -0.1) is 11.3 Å². The largest absolute Gasteiger partial charge is 0.354 e. The Morgan fingerprint density at radius 2 is 1.97 bits per heavy atom. The van der Waals surface area contributed by atoms with E-state index in [2.05, 4.69) is 16.0 Å². The zero-order chi connectivity index (χ0) is 21.8. The smallest absolute Gasteiger partial charge is 0.264 e. The molecule has 168 valence electrons. The lowest BCUT2D eigenvalue weighted by Gasteiger charge is -2.42. The Hall–Kier alpha value is -2.46. The Labute approximate surface area is 185 Å². The minimum Gasteiger partial charge on any atom is -0.354 e. The summed E-state index contributed by atoms with van der Waals surface area (Å²) < 4.78 is 0. The monoisotopic (exact) mass is 448 g/mol. The molecule has 1 aromatic heterocycles. The van der Waals surface area contributed by atoms with Crippen molar-refractivity contribution >= 4 is 35.0 Å². The molecule has 3 fully saturated rings. The van der Waals surface area contributed by atoms with Crippen LogP contribution in [0.2, 0.25) is 0 Å². The molecule has 10 heteroatoms. The van der Waals surface area contributed by atoms with E-state index in [-0.39, 0.29) is 36.1 Å². The highest BCUT2D eigenvalue weighted by molar-refractivity contribution is 7.12. The molecule has 2 atom stereocenters. The summed E-state index contributed by atoms with van der Waals surface area (Å²) in [6.07, 6.45) is 3.05. The van der Waals surface area contributed by atoms with Crippen LogP contribution in [0.25, 0.3) is 0 Å². The summed E-state index contributed by atoms with van der Waals surface area (Å²) in [6, 6.07) is 2.14. The van der Waals surface area contributed by atoms with E-state index >= 15 is 0 Å². The quantitative estimate of drug-likeness (QED) is 0.535. The number of hydrogen-bond acceptors (Lipinski definition) is 5. The molecule has 0 aliphatic carbocycles. The molecule has 31 heavy (non-hydrogen) atoms. The van der Waals surface area contributed by atoms with Gasteiger partial charge in [0.1, 0.15) is 12.1 Å². The second-order valence-electron chi connectivity index (χ2n) is 8.41. The second-order valence-corrected chi connectivity index (χ2v) is 9.36. The molecule has 0 spiro atoms. The lowest BCUT2D eigenvalue weighted by Crippen LogP contribution is -2.86. The van der Waals surface area contributed by atoms with Gasteiger partial charge < -0.3 is 25.8 Å². The Morgan fingerprint density at radius 3 is 2.68 bits per heavy atom. The SMILES string of the molecule is O=C1NCCC[C@@H]1NC(=O)[C@H]1CN(C(=O)C2CC[NH2+]CC2)CCN1C(=O)c1cccs1. The summed E-state index contributed by atoms with van der Waals surface area (Å²) in [6.45, 7) is 3.37. The number of piperazine rings is 1. The van der Waals surface area contributed by atoms with Crippen LogP contribution in [0.1, 0.15) is 35.4 Å². The van der Waals surface area contributed by atoms with Gasteiger partial charge in [-0.2, -0.15) is 0 Å². The number of rotatable bonds is 4. The van der Waals surface area contributed by atoms with Crippen LogP contribution < -0.4 is 16.0 Å². The van der Waals surface area contributed by atoms with Crippen LogP contribution >= 0.6 is 11.3 Å². The summed E-state index contributed by atoms with van der Waals surface area (Å²) in [5.41, 5.74) is 0. The first kappa shape index (κ1) is 21.8. The van der Waals surface area contributed by atoms with Crippen molar-refractivity contribution in [2.24, 2.45) is 5.92 Å². The third-order valence-corrected chi connectivity index (χ3v) is 7.23. The fourth-order valence-corrected chi connectivity index (χ4v) is 5.28. The van der Waals surface area contributed by atoms with Gasteiger partial charge in [0, 0.05) is 38.4 Å². The standard InChI is InChI=1S/C21H29N5O4S/c27-18-15(3-1-7-23-18)24-19(28)16-13-25(20(29)14-5-8-22-9-6-14)10-11-26(16)21(30)17-4-2-12-31-17/h2,4,12,14-16,22H,1,3,5-11,13H2,(H,23,27)(H,24,28)/p+1/t15-,16+/m0/s1. The Morgan fingerprint density at radius 1 is 1.16 bits per heavy atom. The van der Waals surface area contributed by atoms with Crippen molar-refractivity contribution in [3.8, 4) is 0 Å². The van der Waals surface area contributed by atoms with Crippen molar-refractivity contribution in [1.29, 1.82) is 0 Å². The summed E-state index contributed by atoms with van der Waals surface area (Å²) in [4.78, 5) is 55.4. The number of thiophene rings is 1. The van der Waals surface area contributed by atoms with Crippen molar-refractivity contribution in [2.75, 3.05) is 39.3 Å². The summed E-state index contributed by atoms with van der Waals surface area (Å²) in [7, 11) is 0. The van der Waals surface area contributed by atoms with Gasteiger partial charge in [-0.3, -0.25) is 19.2 Å². The van der Waals surface area contributed by atoms with E-state index in [0.717, 1.165) is 32.4 Å². The van der Waals surface area contributed by atoms with Crippen LogP contribution in [-0.4, -0.2) is 84.8 Å². The van der Waals surface area contributed by atoms with Crippen LogP contribution in [0.4, 0.5) is 0 Å². The maximum absolute atomic E-state index is 13.2. The van der Waals surface area contributed by atoms with Gasteiger partial charge in [-0.05, 0) is 24.3 Å². The van der Waals surface area contributed by atoms with Crippen LogP contribution in [0.15, 0.2) is 17.5 Å². The first-order valence-corrected chi connectivity index (χ1v) is 12.0. The van der Waals surface area contributed by atoms with Crippen LogP contribution in [0, 0.1) is 5.92 Å². The molecule has 1 aromatic rings. The number of nitrogens with one attached hydrogen (secondary N) is 2. The lowest BCUT2D eigenvalue weighted by molar-refractivity contribution is -0.664. The molecule has 9 nitrogen and oxygen atoms in total. The molecule has 3 aliphatic rings. The summed E-state index contributed by atoms with van der Waals surface area (Å²) in [5, 5.41) is 9.63. The minimum absolute atomic E-state index is 0.0163. The van der Waals surface area contributed by atoms with E-state index in [1.54, 1.807) is 21.9 Å². The predicted octanol–water partition coefficient (Wildman–Crippen LogP) is -1.23. The molecule has 4 amide bonds. The number of nitrogens with zero attached hydrogens (tertiary/aromatic N) is 2. The Kier molecular flexibility index (Phi) is 6.86. The first-order valence-electron chi connectivity index (χ1n) is 11.1. The summed E-state index contributed by atoms with van der Waals surface area (Å²) in [5.74, 6) is -0.719. The van der Waals surface area contributed by atoms with Crippen LogP contribution in [0.5, 0.6) is 0 Å². The molecule has 0 bridgehead atoms. The third kappa shape index (κ3) is 4.90. The van der Waals surface area contributed by atoms with E-state index in [0.29, 0.717) is 30.9 Å². The van der Waals surface area contributed by atoms with Crippen molar-refractivity contribution in [1.82, 2.24) is 20.4 Å². The number of nitrogens with two attached hydrogens (primary N) is 1. The molecule has 0 saturated carbocycles. The molecule has 0 unspecified atom stereocenters. The molecule has 4 N–H and O–H groups in total. The van der Waals surface area contributed by atoms with Crippen molar-refractivity contribution < 1.29 is 24.5 Å². The topological polar surface area (TPSA) is 115 Å². The minimum atomic E-state index is -0.808. The predicted molar refractivity (Wildman–Crippen MR) is 114 cm³/mol. The lowest BCUT2D eigenvalue weighted by atomic mass is 9.95. The fraction of sp³-hybridized carbons (Fsp3) is 0.619. The highest BCUT2D eigenvalue weighted by Crippen LogP contribution is 2.21. The number of carbonyl (C=O) groups excluding carboxylic acids is 4. The van der Waals surface area contributed by atoms with E-state index in [1.165, 1.54) is 11.3 Å². The van der Waals surface area contributed by atoms with Gasteiger partial charge in [-0.1, -0.05) is 6.07 Å². The first-order chi connectivity index (χ1) is 15.0. The molecular weight excluding hydrogens is 418 g/mol. The average Bonchev–Trinajstić information content (AvgIpc) is 3.35. The summed E-state index contributed by atoms with van der Waals surface area (Å²) >= 11 is 1.33. The highest BCUT2D eigenvalue weighted by Gasteiger charge is 2.40. The van der Waals surface area contributed by atoms with E-state index in [1.807, 2.05) is 5.38 Å². The van der Waals surface area contributed by atoms with Gasteiger partial charge in [0.2, 0.25) is 17.7 Å². The van der Waals surface area contributed by atoms with Crippen LogP contribution in [0.3, 0.4) is 0 Å². The molecule has 3 saturated heterocycles. The van der Waals surface area contributed by atoms with Crippen molar-refractivity contribution in [3.63, 3.8) is 0 Å². The zero-order valence-electron chi connectivity index (χ0n) is 17.5. The zero-order valence-corrected chi connectivity index (χ0v) is 18.4. The van der Waals surface area contributed by atoms with Gasteiger partial charge in [0.15, 0.2) is 0 Å². The number of quaternary nitrogens is 1. The molecule has 4 heterocycles. The molecule has 3 aliphatic heterocycles. The molecular formula is C21H30N5O4S+. The van der Waals surface area contributed by atoms with Crippen LogP contribution in [-0.2, 0) is 14.4 Å². The normalized spacial score (nSPS) is 25.1. The fourth-order valence-electron chi connectivity index (χ4n) is 4.60. The maximum Gasteiger partial charge on any atom is 0.264 e. The average molecular weight is 449 g/mol. The number of piperidine rings is 2. The number of amides is 4. The van der Waals surface area contributed by atoms with Gasteiger partial charge >= 0.3 is 0 Å². The van der Waals surface area contributed by atoms with E-state index in [9.17, 15) is 19.2 Å². The van der Waals surface area contributed by atoms with Gasteiger partial charge in [0.25, 0.3) is 5.91 Å². The number of hydrogen-bond donors (Lipinski definition) is 3. The molecule has 0 aromatic carbocycles. The van der Waals surface area contributed by atoms with E-state index in [4.69, 9.17) is 0 Å². The molecule has 4 rings (SSSR count). The maximum atomic E-state index is 13.2. The number of carbonyl (C=O) groups is 4. The van der Waals surface area contributed by atoms with E-state index < -0.39 is 12.1 Å². The second kappa shape index (κ2) is 9.78. The van der Waals surface area contributed by atoms with Gasteiger partial charge in [-0.25, -0.2) is 0 Å².